The summed E-state index contributed by atoms with van der Waals surface area (Å²) in [6, 6.07) is 14.3. The van der Waals surface area contributed by atoms with Gasteiger partial charge in [0.25, 0.3) is 11.5 Å². The first-order chi connectivity index (χ1) is 15.4. The highest BCUT2D eigenvalue weighted by atomic mass is 32.1. The predicted octanol–water partition coefficient (Wildman–Crippen LogP) is 4.78. The number of anilines is 1. The van der Waals surface area contributed by atoms with E-state index < -0.39 is 23.1 Å². The molecule has 0 aliphatic carbocycles. The summed E-state index contributed by atoms with van der Waals surface area (Å²) in [6.07, 6.45) is 3.37. The number of hydrogen-bond donors (Lipinski definition) is 1. The number of nitrogens with zero attached hydrogens (tertiary/aromatic N) is 2. The second-order valence-corrected chi connectivity index (χ2v) is 8.46. The third kappa shape index (κ3) is 4.97. The Labute approximate surface area is 187 Å². The van der Waals surface area contributed by atoms with E-state index in [9.17, 15) is 18.4 Å². The van der Waals surface area contributed by atoms with Gasteiger partial charge in [0.05, 0.1) is 6.54 Å². The van der Waals surface area contributed by atoms with Gasteiger partial charge in [-0.2, -0.15) is 0 Å². The SMILES string of the molecule is Cc1cccc(Cn2cccc(C(=O)Nc3ncc(Cc4ccc(F)cc4F)s3)c2=O)c1. The van der Waals surface area contributed by atoms with Crippen LogP contribution in [-0.2, 0) is 13.0 Å². The molecule has 4 rings (SSSR count). The van der Waals surface area contributed by atoms with E-state index in [-0.39, 0.29) is 12.0 Å². The van der Waals surface area contributed by atoms with Gasteiger partial charge >= 0.3 is 0 Å². The number of thiazole rings is 1. The lowest BCUT2D eigenvalue weighted by Gasteiger charge is -2.08. The number of hydrogen-bond acceptors (Lipinski definition) is 4. The van der Waals surface area contributed by atoms with Crippen LogP contribution in [0.1, 0.15) is 31.9 Å². The predicted molar refractivity (Wildman–Crippen MR) is 120 cm³/mol. The molecule has 2 aromatic heterocycles. The van der Waals surface area contributed by atoms with Crippen molar-refractivity contribution in [3.63, 3.8) is 0 Å². The molecule has 0 aliphatic rings. The van der Waals surface area contributed by atoms with Gasteiger partial charge in [-0.3, -0.25) is 14.9 Å². The fourth-order valence-corrected chi connectivity index (χ4v) is 4.14. The van der Waals surface area contributed by atoms with E-state index in [2.05, 4.69) is 10.3 Å². The van der Waals surface area contributed by atoms with Crippen LogP contribution in [0.15, 0.2) is 71.8 Å². The molecule has 0 fully saturated rings. The molecule has 0 bridgehead atoms. The highest BCUT2D eigenvalue weighted by molar-refractivity contribution is 7.15. The number of carbonyl (C=O) groups excluding carboxylic acids is 1. The van der Waals surface area contributed by atoms with Crippen molar-refractivity contribution in [2.45, 2.75) is 19.9 Å². The van der Waals surface area contributed by atoms with Crippen molar-refractivity contribution < 1.29 is 13.6 Å². The first-order valence-corrected chi connectivity index (χ1v) is 10.7. The lowest BCUT2D eigenvalue weighted by molar-refractivity contribution is 0.102. The Hall–Kier alpha value is -3.65. The normalized spacial score (nSPS) is 10.8. The molecular weight excluding hydrogens is 432 g/mol. The van der Waals surface area contributed by atoms with Crippen LogP contribution in [0, 0.1) is 18.6 Å². The molecule has 1 amide bonds. The zero-order valence-corrected chi connectivity index (χ0v) is 18.0. The molecule has 0 saturated heterocycles. The van der Waals surface area contributed by atoms with E-state index in [4.69, 9.17) is 0 Å². The van der Waals surface area contributed by atoms with Gasteiger partial charge in [-0.1, -0.05) is 35.9 Å². The highest BCUT2D eigenvalue weighted by Gasteiger charge is 2.15. The molecule has 4 aromatic rings. The fourth-order valence-electron chi connectivity index (χ4n) is 3.31. The summed E-state index contributed by atoms with van der Waals surface area (Å²) in [5.41, 5.74) is 1.97. The molecule has 2 heterocycles. The average Bonchev–Trinajstić information content (AvgIpc) is 3.18. The summed E-state index contributed by atoms with van der Waals surface area (Å²) in [5.74, 6) is -1.84. The van der Waals surface area contributed by atoms with Gasteiger partial charge in [0.15, 0.2) is 5.13 Å². The second kappa shape index (κ2) is 9.23. The molecule has 32 heavy (non-hydrogen) atoms. The number of benzene rings is 2. The maximum absolute atomic E-state index is 13.9. The van der Waals surface area contributed by atoms with Gasteiger partial charge in [-0.05, 0) is 36.2 Å². The van der Waals surface area contributed by atoms with Gasteiger partial charge in [0.1, 0.15) is 17.2 Å². The summed E-state index contributed by atoms with van der Waals surface area (Å²) < 4.78 is 28.4. The standard InChI is InChI=1S/C24H19F2N3O2S/c1-15-4-2-5-16(10-15)14-29-9-3-6-20(23(29)31)22(30)28-24-27-13-19(32-24)11-17-7-8-18(25)12-21(17)26/h2-10,12-13H,11,14H2,1H3,(H,27,28,30). The second-order valence-electron chi connectivity index (χ2n) is 7.34. The number of pyridine rings is 1. The third-order valence-corrected chi connectivity index (χ3v) is 5.77. The zero-order valence-electron chi connectivity index (χ0n) is 17.1. The van der Waals surface area contributed by atoms with Crippen LogP contribution in [0.3, 0.4) is 0 Å². The van der Waals surface area contributed by atoms with E-state index in [1.807, 2.05) is 31.2 Å². The number of aryl methyl sites for hydroxylation is 1. The first kappa shape index (κ1) is 21.6. The first-order valence-electron chi connectivity index (χ1n) is 9.84. The fraction of sp³-hybridized carbons (Fsp3) is 0.125. The molecule has 0 unspecified atom stereocenters. The minimum absolute atomic E-state index is 0.00137. The largest absolute Gasteiger partial charge is 0.310 e. The van der Waals surface area contributed by atoms with Gasteiger partial charge in [0.2, 0.25) is 0 Å². The smallest absolute Gasteiger partial charge is 0.263 e. The van der Waals surface area contributed by atoms with Crippen LogP contribution in [0.2, 0.25) is 0 Å². The van der Waals surface area contributed by atoms with Crippen LogP contribution in [0.5, 0.6) is 0 Å². The van der Waals surface area contributed by atoms with Crippen molar-refractivity contribution in [2.24, 2.45) is 0 Å². The topological polar surface area (TPSA) is 64.0 Å². The Morgan fingerprint density at radius 3 is 2.75 bits per heavy atom. The van der Waals surface area contributed by atoms with Crippen LogP contribution in [-0.4, -0.2) is 15.5 Å². The lowest BCUT2D eigenvalue weighted by Crippen LogP contribution is -2.29. The Kier molecular flexibility index (Phi) is 6.23. The number of aromatic nitrogens is 2. The summed E-state index contributed by atoms with van der Waals surface area (Å²) in [6.45, 7) is 2.33. The number of carbonyl (C=O) groups is 1. The molecule has 0 saturated carbocycles. The molecule has 0 atom stereocenters. The Morgan fingerprint density at radius 2 is 1.97 bits per heavy atom. The number of rotatable bonds is 6. The summed E-state index contributed by atoms with van der Waals surface area (Å²) >= 11 is 1.17. The monoisotopic (exact) mass is 451 g/mol. The lowest BCUT2D eigenvalue weighted by atomic mass is 10.1. The van der Waals surface area contributed by atoms with E-state index in [0.29, 0.717) is 22.1 Å². The van der Waals surface area contributed by atoms with Crippen LogP contribution in [0.4, 0.5) is 13.9 Å². The third-order valence-electron chi connectivity index (χ3n) is 4.85. The molecular formula is C24H19F2N3O2S. The Morgan fingerprint density at radius 1 is 1.12 bits per heavy atom. The minimum atomic E-state index is -0.639. The minimum Gasteiger partial charge on any atom is -0.310 e. The van der Waals surface area contributed by atoms with Crippen molar-refractivity contribution in [3.05, 3.63) is 116 Å². The number of amides is 1. The van der Waals surface area contributed by atoms with E-state index >= 15 is 0 Å². The molecule has 5 nitrogen and oxygen atoms in total. The molecule has 0 aliphatic heterocycles. The Balaban J connectivity index is 1.48. The zero-order chi connectivity index (χ0) is 22.7. The molecule has 162 valence electrons. The van der Waals surface area contributed by atoms with E-state index in [0.717, 1.165) is 17.2 Å². The highest BCUT2D eigenvalue weighted by Crippen LogP contribution is 2.23. The van der Waals surface area contributed by atoms with E-state index in [1.54, 1.807) is 12.3 Å². The van der Waals surface area contributed by atoms with Crippen molar-refractivity contribution in [3.8, 4) is 0 Å². The van der Waals surface area contributed by atoms with Crippen LogP contribution < -0.4 is 10.9 Å². The van der Waals surface area contributed by atoms with Gasteiger partial charge < -0.3 is 4.57 Å². The molecule has 1 N–H and O–H groups in total. The summed E-state index contributed by atoms with van der Waals surface area (Å²) in [5, 5.41) is 2.92. The van der Waals surface area contributed by atoms with Crippen molar-refractivity contribution in [1.82, 2.24) is 9.55 Å². The summed E-state index contributed by atoms with van der Waals surface area (Å²) in [4.78, 5) is 30.3. The van der Waals surface area contributed by atoms with Crippen LogP contribution >= 0.6 is 11.3 Å². The van der Waals surface area contributed by atoms with Crippen molar-refractivity contribution in [2.75, 3.05) is 5.32 Å². The van der Waals surface area contributed by atoms with Crippen LogP contribution in [0.25, 0.3) is 0 Å². The molecule has 0 spiro atoms. The maximum atomic E-state index is 13.9. The molecule has 2 aromatic carbocycles. The summed E-state index contributed by atoms with van der Waals surface area (Å²) in [7, 11) is 0. The van der Waals surface area contributed by atoms with E-state index in [1.165, 1.54) is 40.3 Å². The maximum Gasteiger partial charge on any atom is 0.263 e. The van der Waals surface area contributed by atoms with Crippen molar-refractivity contribution >= 4 is 22.4 Å². The van der Waals surface area contributed by atoms with Gasteiger partial charge in [-0.25, -0.2) is 13.8 Å². The molecule has 0 radical (unpaired) electrons. The number of halogens is 2. The average molecular weight is 451 g/mol. The Bertz CT molecular complexity index is 1350. The molecule has 8 heteroatoms. The van der Waals surface area contributed by atoms with Gasteiger partial charge in [-0.15, -0.1) is 11.3 Å². The quantitative estimate of drug-likeness (QED) is 0.459. The van der Waals surface area contributed by atoms with Crippen molar-refractivity contribution in [1.29, 1.82) is 0 Å². The number of nitrogens with one attached hydrogen (secondary N) is 1. The van der Waals surface area contributed by atoms with Gasteiger partial charge in [0, 0.05) is 29.8 Å².